The standard InChI is InChI=1S/C28H23FN2O3/c1-4-33-24-11-10-19(14-23(24)29)27-20(16-31(30-27)21-8-6-5-7-9-21)15-26-28(32)22-12-17(2)18(3)13-25(22)34-26/h5-16H,4H2,1-3H3/b26-15-. The third-order valence-electron chi connectivity index (χ3n) is 5.84. The van der Waals surface area contributed by atoms with Crippen LogP contribution in [0.3, 0.4) is 0 Å². The van der Waals surface area contributed by atoms with E-state index in [1.807, 2.05) is 62.5 Å². The minimum absolute atomic E-state index is 0.184. The van der Waals surface area contributed by atoms with Gasteiger partial charge in [-0.1, -0.05) is 18.2 Å². The summed E-state index contributed by atoms with van der Waals surface area (Å²) in [6.07, 6.45) is 3.48. The molecule has 0 N–H and O–H groups in total. The molecule has 0 atom stereocenters. The van der Waals surface area contributed by atoms with E-state index in [2.05, 4.69) is 0 Å². The quantitative estimate of drug-likeness (QED) is 0.332. The number of fused-ring (bicyclic) bond motifs is 1. The van der Waals surface area contributed by atoms with Crippen LogP contribution in [0.1, 0.15) is 34.0 Å². The highest BCUT2D eigenvalue weighted by Crippen LogP contribution is 2.36. The number of benzene rings is 3. The zero-order chi connectivity index (χ0) is 23.8. The lowest BCUT2D eigenvalue weighted by Gasteiger charge is -2.06. The Balaban J connectivity index is 1.61. The van der Waals surface area contributed by atoms with Crippen molar-refractivity contribution in [3.05, 3.63) is 101 Å². The molecule has 170 valence electrons. The van der Waals surface area contributed by atoms with Crippen molar-refractivity contribution >= 4 is 11.9 Å². The second-order valence-electron chi connectivity index (χ2n) is 8.16. The molecule has 5 rings (SSSR count). The average molecular weight is 455 g/mol. The first-order valence-corrected chi connectivity index (χ1v) is 11.1. The highest BCUT2D eigenvalue weighted by Gasteiger charge is 2.28. The second-order valence-corrected chi connectivity index (χ2v) is 8.16. The van der Waals surface area contributed by atoms with Crippen LogP contribution in [0, 0.1) is 19.7 Å². The summed E-state index contributed by atoms with van der Waals surface area (Å²) >= 11 is 0. The Bertz CT molecular complexity index is 1440. The zero-order valence-corrected chi connectivity index (χ0v) is 19.1. The number of carbonyl (C=O) groups excluding carboxylic acids is 1. The van der Waals surface area contributed by atoms with Crippen molar-refractivity contribution in [2.75, 3.05) is 6.61 Å². The summed E-state index contributed by atoms with van der Waals surface area (Å²) in [6.45, 7) is 6.12. The number of nitrogens with zero attached hydrogens (tertiary/aromatic N) is 2. The second kappa shape index (κ2) is 8.63. The first-order chi connectivity index (χ1) is 16.4. The van der Waals surface area contributed by atoms with Gasteiger partial charge in [0, 0.05) is 17.3 Å². The Morgan fingerprint density at radius 2 is 1.82 bits per heavy atom. The van der Waals surface area contributed by atoms with Crippen LogP contribution in [0.5, 0.6) is 11.5 Å². The van der Waals surface area contributed by atoms with Crippen LogP contribution in [0.15, 0.2) is 72.6 Å². The first kappa shape index (κ1) is 21.6. The Labute approximate surface area is 197 Å². The van der Waals surface area contributed by atoms with E-state index in [9.17, 15) is 9.18 Å². The van der Waals surface area contributed by atoms with Gasteiger partial charge in [-0.15, -0.1) is 0 Å². The fraction of sp³-hybridized carbons (Fsp3) is 0.143. The Morgan fingerprint density at radius 1 is 1.06 bits per heavy atom. The summed E-state index contributed by atoms with van der Waals surface area (Å²) in [6, 6.07) is 18.1. The Hall–Kier alpha value is -4.19. The molecule has 0 bridgehead atoms. The van der Waals surface area contributed by atoms with E-state index in [0.717, 1.165) is 16.8 Å². The molecule has 3 aromatic carbocycles. The Morgan fingerprint density at radius 3 is 2.56 bits per heavy atom. The molecule has 0 unspecified atom stereocenters. The summed E-state index contributed by atoms with van der Waals surface area (Å²) in [5.74, 6) is 0.279. The highest BCUT2D eigenvalue weighted by molar-refractivity contribution is 6.14. The SMILES string of the molecule is CCOc1ccc(-c2nn(-c3ccccc3)cc2/C=C2\Oc3cc(C)c(C)cc3C2=O)cc1F. The van der Waals surface area contributed by atoms with Gasteiger partial charge in [-0.05, 0) is 80.4 Å². The molecule has 5 nitrogen and oxygen atoms in total. The topological polar surface area (TPSA) is 53.4 Å². The van der Waals surface area contributed by atoms with Crippen molar-refractivity contribution < 1.29 is 18.7 Å². The van der Waals surface area contributed by atoms with E-state index in [-0.39, 0.29) is 17.3 Å². The number of hydrogen-bond donors (Lipinski definition) is 0. The molecule has 0 saturated carbocycles. The average Bonchev–Trinajstić information content (AvgIpc) is 3.38. The van der Waals surface area contributed by atoms with Crippen LogP contribution in [0.4, 0.5) is 4.39 Å². The summed E-state index contributed by atoms with van der Waals surface area (Å²) in [5, 5.41) is 4.71. The predicted octanol–water partition coefficient (Wildman–Crippen LogP) is 6.31. The number of Topliss-reactive ketones (excluding diaryl/α,β-unsaturated/α-hetero) is 1. The number of para-hydroxylation sites is 1. The van der Waals surface area contributed by atoms with Crippen molar-refractivity contribution in [1.29, 1.82) is 0 Å². The van der Waals surface area contributed by atoms with E-state index >= 15 is 0 Å². The summed E-state index contributed by atoms with van der Waals surface area (Å²) in [7, 11) is 0. The van der Waals surface area contributed by atoms with Crippen molar-refractivity contribution in [2.24, 2.45) is 0 Å². The zero-order valence-electron chi connectivity index (χ0n) is 19.1. The van der Waals surface area contributed by atoms with E-state index in [0.29, 0.717) is 34.7 Å². The summed E-state index contributed by atoms with van der Waals surface area (Å²) < 4.78 is 27.6. The van der Waals surface area contributed by atoms with Gasteiger partial charge in [-0.25, -0.2) is 9.07 Å². The molecule has 0 fully saturated rings. The number of rotatable bonds is 5. The van der Waals surface area contributed by atoms with Gasteiger partial charge in [0.05, 0.1) is 17.9 Å². The fourth-order valence-electron chi connectivity index (χ4n) is 3.94. The number of halogens is 1. The van der Waals surface area contributed by atoms with E-state index in [1.54, 1.807) is 29.8 Å². The number of aromatic nitrogens is 2. The minimum atomic E-state index is -0.473. The lowest BCUT2D eigenvalue weighted by atomic mass is 10.0. The molecule has 34 heavy (non-hydrogen) atoms. The van der Waals surface area contributed by atoms with Crippen molar-refractivity contribution in [3.8, 4) is 28.4 Å². The van der Waals surface area contributed by atoms with Gasteiger partial charge in [-0.2, -0.15) is 5.10 Å². The van der Waals surface area contributed by atoms with Crippen LogP contribution in [0.25, 0.3) is 23.0 Å². The largest absolute Gasteiger partial charge is 0.491 e. The lowest BCUT2D eigenvalue weighted by Crippen LogP contribution is -1.98. The number of allylic oxidation sites excluding steroid dienone is 1. The minimum Gasteiger partial charge on any atom is -0.491 e. The number of aryl methyl sites for hydroxylation is 2. The van der Waals surface area contributed by atoms with Crippen LogP contribution >= 0.6 is 0 Å². The fourth-order valence-corrected chi connectivity index (χ4v) is 3.94. The molecular weight excluding hydrogens is 431 g/mol. The molecule has 0 radical (unpaired) electrons. The van der Waals surface area contributed by atoms with E-state index in [1.165, 1.54) is 6.07 Å². The molecule has 1 aliphatic rings. The monoisotopic (exact) mass is 454 g/mol. The third-order valence-corrected chi connectivity index (χ3v) is 5.84. The van der Waals surface area contributed by atoms with Gasteiger partial charge in [0.25, 0.3) is 0 Å². The molecule has 0 saturated heterocycles. The van der Waals surface area contributed by atoms with Gasteiger partial charge >= 0.3 is 0 Å². The van der Waals surface area contributed by atoms with E-state index < -0.39 is 5.82 Å². The highest BCUT2D eigenvalue weighted by atomic mass is 19.1. The van der Waals surface area contributed by atoms with Gasteiger partial charge in [0.2, 0.25) is 5.78 Å². The third kappa shape index (κ3) is 3.88. The normalized spacial score (nSPS) is 13.8. The van der Waals surface area contributed by atoms with Crippen LogP contribution in [0.2, 0.25) is 0 Å². The van der Waals surface area contributed by atoms with Crippen molar-refractivity contribution in [1.82, 2.24) is 9.78 Å². The molecule has 1 aromatic heterocycles. The summed E-state index contributed by atoms with van der Waals surface area (Å²) in [5.41, 5.74) is 5.19. The number of ether oxygens (including phenoxy) is 2. The smallest absolute Gasteiger partial charge is 0.231 e. The molecule has 1 aliphatic heterocycles. The van der Waals surface area contributed by atoms with Crippen LogP contribution < -0.4 is 9.47 Å². The maximum Gasteiger partial charge on any atom is 0.231 e. The Kier molecular flexibility index (Phi) is 5.49. The molecule has 4 aromatic rings. The van der Waals surface area contributed by atoms with E-state index in [4.69, 9.17) is 14.6 Å². The van der Waals surface area contributed by atoms with Crippen molar-refractivity contribution in [3.63, 3.8) is 0 Å². The van der Waals surface area contributed by atoms with Gasteiger partial charge < -0.3 is 9.47 Å². The first-order valence-electron chi connectivity index (χ1n) is 11.1. The van der Waals surface area contributed by atoms with Crippen LogP contribution in [-0.2, 0) is 0 Å². The number of ketones is 1. The van der Waals surface area contributed by atoms with Gasteiger partial charge in [-0.3, -0.25) is 4.79 Å². The predicted molar refractivity (Wildman–Crippen MR) is 129 cm³/mol. The molecule has 0 spiro atoms. The molecule has 6 heteroatoms. The van der Waals surface area contributed by atoms with Gasteiger partial charge in [0.15, 0.2) is 17.3 Å². The molecule has 0 amide bonds. The number of hydrogen-bond acceptors (Lipinski definition) is 4. The summed E-state index contributed by atoms with van der Waals surface area (Å²) in [4.78, 5) is 13.1. The van der Waals surface area contributed by atoms with Crippen LogP contribution in [-0.4, -0.2) is 22.2 Å². The van der Waals surface area contributed by atoms with Gasteiger partial charge in [0.1, 0.15) is 11.4 Å². The maximum absolute atomic E-state index is 14.7. The molecular formula is C28H23FN2O3. The molecule has 2 heterocycles. The lowest BCUT2D eigenvalue weighted by molar-refractivity contribution is 0.101. The molecule has 0 aliphatic carbocycles. The number of carbonyl (C=O) groups is 1. The van der Waals surface area contributed by atoms with Crippen molar-refractivity contribution in [2.45, 2.75) is 20.8 Å². The maximum atomic E-state index is 14.7.